The van der Waals surface area contributed by atoms with Crippen molar-refractivity contribution in [3.63, 3.8) is 0 Å². The second-order valence-electron chi connectivity index (χ2n) is 6.69. The predicted molar refractivity (Wildman–Crippen MR) is 77.8 cm³/mol. The molecule has 110 valence electrons. The van der Waals surface area contributed by atoms with Gasteiger partial charge in [-0.1, -0.05) is 24.6 Å². The van der Waals surface area contributed by atoms with Gasteiger partial charge in [0.2, 0.25) is 0 Å². The Labute approximate surface area is 120 Å². The van der Waals surface area contributed by atoms with Crippen molar-refractivity contribution in [2.24, 2.45) is 17.8 Å². The van der Waals surface area contributed by atoms with Gasteiger partial charge in [-0.05, 0) is 50.1 Å². The molecule has 2 bridgehead atoms. The van der Waals surface area contributed by atoms with E-state index in [0.717, 1.165) is 24.3 Å². The Hall–Kier alpha value is -0.930. The van der Waals surface area contributed by atoms with E-state index in [2.05, 4.69) is 4.90 Å². The minimum atomic E-state index is -0.736. The van der Waals surface area contributed by atoms with E-state index in [4.69, 9.17) is 0 Å². The van der Waals surface area contributed by atoms with E-state index >= 15 is 0 Å². The molecule has 2 aliphatic rings. The molecule has 0 heterocycles. The Balaban J connectivity index is 1.54. The second kappa shape index (κ2) is 5.82. The summed E-state index contributed by atoms with van der Waals surface area (Å²) in [6.45, 7) is 1.54. The summed E-state index contributed by atoms with van der Waals surface area (Å²) in [4.78, 5) is 2.17. The van der Waals surface area contributed by atoms with E-state index in [-0.39, 0.29) is 5.82 Å². The van der Waals surface area contributed by atoms with Crippen LogP contribution < -0.4 is 0 Å². The van der Waals surface area contributed by atoms with Gasteiger partial charge in [0.25, 0.3) is 0 Å². The molecule has 0 aromatic heterocycles. The minimum Gasteiger partial charge on any atom is -0.387 e. The standard InChI is InChI=1S/C17H24FNO/c1-19(10-14-9-12-6-7-13(14)8-12)11-17(20)15-4-2-3-5-16(15)18/h2-5,12-14,17,20H,6-11H2,1H3. The van der Waals surface area contributed by atoms with Gasteiger partial charge < -0.3 is 10.0 Å². The molecule has 2 saturated carbocycles. The van der Waals surface area contributed by atoms with Crippen molar-refractivity contribution in [1.29, 1.82) is 0 Å². The lowest BCUT2D eigenvalue weighted by atomic mass is 9.88. The van der Waals surface area contributed by atoms with E-state index < -0.39 is 6.10 Å². The summed E-state index contributed by atoms with van der Waals surface area (Å²) in [5.74, 6) is 2.32. The number of aliphatic hydroxyl groups is 1. The van der Waals surface area contributed by atoms with Crippen LogP contribution in [0.3, 0.4) is 0 Å². The van der Waals surface area contributed by atoms with Gasteiger partial charge in [0, 0.05) is 18.7 Å². The average Bonchev–Trinajstić information content (AvgIpc) is 3.01. The van der Waals surface area contributed by atoms with Crippen molar-refractivity contribution < 1.29 is 9.50 Å². The summed E-state index contributed by atoms with van der Waals surface area (Å²) in [6, 6.07) is 6.52. The maximum atomic E-state index is 13.6. The summed E-state index contributed by atoms with van der Waals surface area (Å²) in [6.07, 6.45) is 4.83. The average molecular weight is 277 g/mol. The third kappa shape index (κ3) is 2.89. The SMILES string of the molecule is CN(CC(O)c1ccccc1F)CC1CC2CCC1C2. The molecule has 20 heavy (non-hydrogen) atoms. The maximum absolute atomic E-state index is 13.6. The Morgan fingerprint density at radius 2 is 2.10 bits per heavy atom. The van der Waals surface area contributed by atoms with E-state index in [1.54, 1.807) is 18.2 Å². The summed E-state index contributed by atoms with van der Waals surface area (Å²) >= 11 is 0. The molecule has 0 amide bonds. The van der Waals surface area contributed by atoms with Gasteiger partial charge in [0.15, 0.2) is 0 Å². The molecule has 0 radical (unpaired) electrons. The van der Waals surface area contributed by atoms with Crippen LogP contribution in [-0.4, -0.2) is 30.1 Å². The fourth-order valence-electron chi connectivity index (χ4n) is 4.21. The van der Waals surface area contributed by atoms with Crippen molar-refractivity contribution in [2.75, 3.05) is 20.1 Å². The maximum Gasteiger partial charge on any atom is 0.129 e. The topological polar surface area (TPSA) is 23.5 Å². The molecule has 0 aliphatic heterocycles. The first-order valence-electron chi connectivity index (χ1n) is 7.74. The quantitative estimate of drug-likeness (QED) is 0.893. The minimum absolute atomic E-state index is 0.312. The van der Waals surface area contributed by atoms with Gasteiger partial charge in [-0.2, -0.15) is 0 Å². The van der Waals surface area contributed by atoms with Gasteiger partial charge in [-0.3, -0.25) is 0 Å². The number of benzene rings is 1. The van der Waals surface area contributed by atoms with Crippen LogP contribution in [0.15, 0.2) is 24.3 Å². The summed E-state index contributed by atoms with van der Waals surface area (Å²) in [7, 11) is 2.04. The van der Waals surface area contributed by atoms with Gasteiger partial charge in [0.05, 0.1) is 6.10 Å². The lowest BCUT2D eigenvalue weighted by Crippen LogP contribution is -2.32. The number of likely N-dealkylation sites (N-methyl/N-ethyl adjacent to an activating group) is 1. The number of rotatable bonds is 5. The van der Waals surface area contributed by atoms with Crippen LogP contribution in [0.1, 0.15) is 37.4 Å². The number of fused-ring (bicyclic) bond motifs is 2. The zero-order valence-electron chi connectivity index (χ0n) is 12.1. The Kier molecular flexibility index (Phi) is 4.08. The van der Waals surface area contributed by atoms with Crippen molar-refractivity contribution in [3.05, 3.63) is 35.6 Å². The highest BCUT2D eigenvalue weighted by Gasteiger charge is 2.39. The van der Waals surface area contributed by atoms with Gasteiger partial charge >= 0.3 is 0 Å². The summed E-state index contributed by atoms with van der Waals surface area (Å²) in [5.41, 5.74) is 0.410. The normalized spacial score (nSPS) is 30.1. The Bertz CT molecular complexity index is 464. The first-order valence-corrected chi connectivity index (χ1v) is 7.74. The molecule has 1 aromatic carbocycles. The van der Waals surface area contributed by atoms with Crippen molar-refractivity contribution in [2.45, 2.75) is 31.8 Å². The third-order valence-corrected chi connectivity index (χ3v) is 5.18. The zero-order chi connectivity index (χ0) is 14.1. The molecular weight excluding hydrogens is 253 g/mol. The molecule has 1 N–H and O–H groups in total. The van der Waals surface area contributed by atoms with E-state index in [9.17, 15) is 9.50 Å². The number of nitrogens with zero attached hydrogens (tertiary/aromatic N) is 1. The van der Waals surface area contributed by atoms with Crippen molar-refractivity contribution >= 4 is 0 Å². The van der Waals surface area contributed by atoms with E-state index in [1.165, 1.54) is 31.7 Å². The fraction of sp³-hybridized carbons (Fsp3) is 0.647. The number of halogens is 1. The largest absolute Gasteiger partial charge is 0.387 e. The summed E-state index contributed by atoms with van der Waals surface area (Å²) in [5, 5.41) is 10.2. The number of hydrogen-bond acceptors (Lipinski definition) is 2. The van der Waals surface area contributed by atoms with Crippen LogP contribution in [0.5, 0.6) is 0 Å². The molecule has 2 aliphatic carbocycles. The van der Waals surface area contributed by atoms with Gasteiger partial charge in [-0.25, -0.2) is 4.39 Å². The fourth-order valence-corrected chi connectivity index (χ4v) is 4.21. The first-order chi connectivity index (χ1) is 9.63. The van der Waals surface area contributed by atoms with Crippen LogP contribution in [0, 0.1) is 23.6 Å². The molecule has 0 spiro atoms. The number of hydrogen-bond donors (Lipinski definition) is 1. The van der Waals surface area contributed by atoms with Crippen LogP contribution in [-0.2, 0) is 0 Å². The predicted octanol–water partition coefficient (Wildman–Crippen LogP) is 3.23. The van der Waals surface area contributed by atoms with Gasteiger partial charge in [0.1, 0.15) is 5.82 Å². The van der Waals surface area contributed by atoms with Gasteiger partial charge in [-0.15, -0.1) is 0 Å². The van der Waals surface area contributed by atoms with Crippen LogP contribution in [0.4, 0.5) is 4.39 Å². The highest BCUT2D eigenvalue weighted by molar-refractivity contribution is 5.20. The van der Waals surface area contributed by atoms with E-state index in [0.29, 0.717) is 12.1 Å². The second-order valence-corrected chi connectivity index (χ2v) is 6.69. The molecule has 2 nitrogen and oxygen atoms in total. The lowest BCUT2D eigenvalue weighted by molar-refractivity contribution is 0.107. The van der Waals surface area contributed by atoms with E-state index in [1.807, 2.05) is 7.05 Å². The molecule has 4 atom stereocenters. The molecule has 3 rings (SSSR count). The van der Waals surface area contributed by atoms with Crippen LogP contribution in [0.2, 0.25) is 0 Å². The lowest BCUT2D eigenvalue weighted by Gasteiger charge is -2.28. The molecule has 3 heteroatoms. The van der Waals surface area contributed by atoms with Crippen molar-refractivity contribution in [1.82, 2.24) is 4.90 Å². The zero-order valence-corrected chi connectivity index (χ0v) is 12.1. The summed E-state index contributed by atoms with van der Waals surface area (Å²) < 4.78 is 13.6. The molecule has 0 saturated heterocycles. The highest BCUT2D eigenvalue weighted by Crippen LogP contribution is 2.48. The molecule has 1 aromatic rings. The Morgan fingerprint density at radius 1 is 1.30 bits per heavy atom. The number of aliphatic hydroxyl groups excluding tert-OH is 1. The smallest absolute Gasteiger partial charge is 0.129 e. The molecule has 4 unspecified atom stereocenters. The third-order valence-electron chi connectivity index (χ3n) is 5.18. The monoisotopic (exact) mass is 277 g/mol. The van der Waals surface area contributed by atoms with Crippen LogP contribution >= 0.6 is 0 Å². The Morgan fingerprint density at radius 3 is 2.75 bits per heavy atom. The highest BCUT2D eigenvalue weighted by atomic mass is 19.1. The molecule has 2 fully saturated rings. The van der Waals surface area contributed by atoms with Crippen molar-refractivity contribution in [3.8, 4) is 0 Å². The first kappa shape index (κ1) is 14.0. The molecular formula is C17H24FNO. The van der Waals surface area contributed by atoms with Crippen LogP contribution in [0.25, 0.3) is 0 Å².